The second-order valence-corrected chi connectivity index (χ2v) is 10.6. The van der Waals surface area contributed by atoms with E-state index in [1.165, 1.54) is 7.11 Å². The number of aromatic hydroxyl groups is 1. The van der Waals surface area contributed by atoms with Crippen LogP contribution in [0.15, 0.2) is 36.4 Å². The van der Waals surface area contributed by atoms with E-state index >= 15 is 0 Å². The molecular formula is C29H40N2O5. The summed E-state index contributed by atoms with van der Waals surface area (Å²) in [5.74, 6) is -0.167. The Morgan fingerprint density at radius 1 is 1.06 bits per heavy atom. The first-order chi connectivity index (χ1) is 17.0. The van der Waals surface area contributed by atoms with Crippen molar-refractivity contribution in [2.75, 3.05) is 18.6 Å². The minimum Gasteiger partial charge on any atom is -0.508 e. The van der Waals surface area contributed by atoms with Gasteiger partial charge >= 0.3 is 12.1 Å². The summed E-state index contributed by atoms with van der Waals surface area (Å²) in [6.45, 7) is 10.6. The zero-order valence-electron chi connectivity index (χ0n) is 22.4. The molecule has 3 rings (SSSR count). The quantitative estimate of drug-likeness (QED) is 0.443. The number of phenols is 1. The van der Waals surface area contributed by atoms with Gasteiger partial charge in [-0.2, -0.15) is 0 Å². The lowest BCUT2D eigenvalue weighted by atomic mass is 9.88. The Labute approximate surface area is 214 Å². The van der Waals surface area contributed by atoms with Gasteiger partial charge in [0.25, 0.3) is 0 Å². The normalized spacial score (nSPS) is 17.8. The van der Waals surface area contributed by atoms with Crippen LogP contribution < -0.4 is 10.2 Å². The van der Waals surface area contributed by atoms with E-state index in [1.54, 1.807) is 12.1 Å². The molecule has 1 aliphatic carbocycles. The zero-order chi connectivity index (χ0) is 26.5. The molecule has 7 heteroatoms. The molecule has 1 fully saturated rings. The van der Waals surface area contributed by atoms with Crippen molar-refractivity contribution in [2.24, 2.45) is 0 Å². The highest BCUT2D eigenvalue weighted by atomic mass is 16.6. The van der Waals surface area contributed by atoms with Crippen LogP contribution in [0.25, 0.3) is 11.1 Å². The van der Waals surface area contributed by atoms with E-state index in [4.69, 9.17) is 9.47 Å². The lowest BCUT2D eigenvalue weighted by Gasteiger charge is -2.39. The fourth-order valence-electron chi connectivity index (χ4n) is 4.89. The number of phenolic OH excluding ortho intramolecular Hbond substituents is 1. The van der Waals surface area contributed by atoms with Gasteiger partial charge in [0.05, 0.1) is 12.7 Å². The standard InChI is InChI=1S/C29H40N2O5/c1-7-16-31(23-12-10-22(11-13-23)30-28(34)36-29(3,4)5)26-18-21(20-8-14-24(32)15-9-20)17-25(19(26)2)27(33)35-6/h8-9,14-15,17-18,22-23,32H,7,10-13,16H2,1-6H3,(H,30,34). The van der Waals surface area contributed by atoms with Crippen molar-refractivity contribution in [3.8, 4) is 16.9 Å². The highest BCUT2D eigenvalue weighted by molar-refractivity contribution is 5.95. The largest absolute Gasteiger partial charge is 0.508 e. The molecule has 0 aromatic heterocycles. The molecule has 2 N–H and O–H groups in total. The van der Waals surface area contributed by atoms with Crippen LogP contribution >= 0.6 is 0 Å². The average molecular weight is 497 g/mol. The molecule has 36 heavy (non-hydrogen) atoms. The third-order valence-electron chi connectivity index (χ3n) is 6.62. The number of alkyl carbamates (subject to hydrolysis) is 1. The SMILES string of the molecule is CCCN(c1cc(-c2ccc(O)cc2)cc(C(=O)OC)c1C)C1CCC(NC(=O)OC(C)(C)C)CC1. The van der Waals surface area contributed by atoms with E-state index in [-0.39, 0.29) is 23.9 Å². The smallest absolute Gasteiger partial charge is 0.407 e. The van der Waals surface area contributed by atoms with Crippen LogP contribution in [-0.4, -0.2) is 48.5 Å². The number of carbonyl (C=O) groups excluding carboxylic acids is 2. The Bertz CT molecular complexity index is 1050. The van der Waals surface area contributed by atoms with Gasteiger partial charge in [-0.25, -0.2) is 9.59 Å². The number of carbonyl (C=O) groups is 2. The van der Waals surface area contributed by atoms with Gasteiger partial charge in [-0.15, -0.1) is 0 Å². The number of hydrogen-bond donors (Lipinski definition) is 2. The Morgan fingerprint density at radius 3 is 2.25 bits per heavy atom. The summed E-state index contributed by atoms with van der Waals surface area (Å²) in [4.78, 5) is 27.3. The van der Waals surface area contributed by atoms with Crippen LogP contribution in [0.4, 0.5) is 10.5 Å². The van der Waals surface area contributed by atoms with Crippen molar-refractivity contribution in [2.45, 2.75) is 84.4 Å². The minimum absolute atomic E-state index is 0.0923. The Morgan fingerprint density at radius 2 is 1.69 bits per heavy atom. The molecule has 1 aliphatic rings. The van der Waals surface area contributed by atoms with E-state index in [9.17, 15) is 14.7 Å². The van der Waals surface area contributed by atoms with Gasteiger partial charge in [0.15, 0.2) is 0 Å². The average Bonchev–Trinajstić information content (AvgIpc) is 2.82. The fraction of sp³-hybridized carbons (Fsp3) is 0.517. The first kappa shape index (κ1) is 27.4. The van der Waals surface area contributed by atoms with Crippen LogP contribution in [0.5, 0.6) is 5.75 Å². The maximum atomic E-state index is 12.7. The van der Waals surface area contributed by atoms with E-state index in [0.29, 0.717) is 11.6 Å². The maximum Gasteiger partial charge on any atom is 0.407 e. The summed E-state index contributed by atoms with van der Waals surface area (Å²) in [6.07, 6.45) is 4.19. The highest BCUT2D eigenvalue weighted by Crippen LogP contribution is 2.36. The molecule has 0 heterocycles. The summed E-state index contributed by atoms with van der Waals surface area (Å²) >= 11 is 0. The van der Waals surface area contributed by atoms with Crippen LogP contribution in [-0.2, 0) is 9.47 Å². The molecule has 0 spiro atoms. The lowest BCUT2D eigenvalue weighted by molar-refractivity contribution is 0.0490. The van der Waals surface area contributed by atoms with Crippen molar-refractivity contribution in [3.05, 3.63) is 47.5 Å². The van der Waals surface area contributed by atoms with Crippen molar-refractivity contribution < 1.29 is 24.2 Å². The molecule has 0 unspecified atom stereocenters. The molecule has 0 bridgehead atoms. The van der Waals surface area contributed by atoms with Crippen molar-refractivity contribution in [3.63, 3.8) is 0 Å². The Kier molecular flexibility index (Phi) is 8.88. The third kappa shape index (κ3) is 6.93. The van der Waals surface area contributed by atoms with Crippen molar-refractivity contribution in [1.29, 1.82) is 0 Å². The number of rotatable bonds is 7. The van der Waals surface area contributed by atoms with Gasteiger partial charge in [-0.1, -0.05) is 19.1 Å². The number of methoxy groups -OCH3 is 1. The number of amides is 1. The Hall–Kier alpha value is -3.22. The predicted molar refractivity (Wildman–Crippen MR) is 143 cm³/mol. The third-order valence-corrected chi connectivity index (χ3v) is 6.62. The summed E-state index contributed by atoms with van der Waals surface area (Å²) in [7, 11) is 1.40. The van der Waals surface area contributed by atoms with E-state index in [2.05, 4.69) is 23.2 Å². The number of hydrogen-bond acceptors (Lipinski definition) is 6. The van der Waals surface area contributed by atoms with Gasteiger partial charge in [0, 0.05) is 24.3 Å². The molecule has 2 aromatic rings. The monoisotopic (exact) mass is 496 g/mol. The molecule has 2 aromatic carbocycles. The van der Waals surface area contributed by atoms with Gasteiger partial charge in [0.1, 0.15) is 11.4 Å². The summed E-state index contributed by atoms with van der Waals surface area (Å²) in [6, 6.07) is 11.4. The molecule has 0 atom stereocenters. The van der Waals surface area contributed by atoms with Crippen LogP contribution in [0.1, 0.15) is 75.7 Å². The number of anilines is 1. The number of ether oxygens (including phenoxy) is 2. The Balaban J connectivity index is 1.87. The molecule has 0 aliphatic heterocycles. The van der Waals surface area contributed by atoms with Crippen LogP contribution in [0.2, 0.25) is 0 Å². The molecule has 1 amide bonds. The van der Waals surface area contributed by atoms with E-state index in [0.717, 1.165) is 61.0 Å². The van der Waals surface area contributed by atoms with E-state index < -0.39 is 5.60 Å². The fourth-order valence-corrected chi connectivity index (χ4v) is 4.89. The lowest BCUT2D eigenvalue weighted by Crippen LogP contribution is -2.45. The van der Waals surface area contributed by atoms with Crippen LogP contribution in [0, 0.1) is 6.92 Å². The number of esters is 1. The summed E-state index contributed by atoms with van der Waals surface area (Å²) < 4.78 is 10.5. The highest BCUT2D eigenvalue weighted by Gasteiger charge is 2.29. The molecule has 7 nitrogen and oxygen atoms in total. The number of benzene rings is 2. The van der Waals surface area contributed by atoms with E-state index in [1.807, 2.05) is 45.9 Å². The number of nitrogens with one attached hydrogen (secondary N) is 1. The minimum atomic E-state index is -0.517. The zero-order valence-corrected chi connectivity index (χ0v) is 22.4. The van der Waals surface area contributed by atoms with Gasteiger partial charge in [0.2, 0.25) is 0 Å². The number of nitrogens with zero attached hydrogens (tertiary/aromatic N) is 1. The first-order valence-corrected chi connectivity index (χ1v) is 12.8. The van der Waals surface area contributed by atoms with Crippen LogP contribution in [0.3, 0.4) is 0 Å². The maximum absolute atomic E-state index is 12.7. The topological polar surface area (TPSA) is 88.1 Å². The molecular weight excluding hydrogens is 456 g/mol. The molecule has 1 saturated carbocycles. The summed E-state index contributed by atoms with van der Waals surface area (Å²) in [5, 5.41) is 12.8. The van der Waals surface area contributed by atoms with Gasteiger partial charge in [-0.3, -0.25) is 0 Å². The second kappa shape index (κ2) is 11.7. The molecule has 0 radical (unpaired) electrons. The van der Waals surface area contributed by atoms with Crippen molar-refractivity contribution in [1.82, 2.24) is 5.32 Å². The first-order valence-electron chi connectivity index (χ1n) is 12.8. The second-order valence-electron chi connectivity index (χ2n) is 10.6. The van der Waals surface area contributed by atoms with Crippen molar-refractivity contribution >= 4 is 17.7 Å². The van der Waals surface area contributed by atoms with Gasteiger partial charge in [-0.05, 0) is 101 Å². The molecule has 0 saturated heterocycles. The predicted octanol–water partition coefficient (Wildman–Crippen LogP) is 6.21. The van der Waals surface area contributed by atoms with Gasteiger partial charge < -0.3 is 24.8 Å². The summed E-state index contributed by atoms with van der Waals surface area (Å²) in [5.41, 5.74) is 3.76. The molecule has 196 valence electrons.